The van der Waals surface area contributed by atoms with Crippen molar-refractivity contribution in [1.29, 1.82) is 0 Å². The second-order valence-corrected chi connectivity index (χ2v) is 4.48. The van der Waals surface area contributed by atoms with E-state index in [2.05, 4.69) is 5.32 Å². The number of para-hydroxylation sites is 1. The van der Waals surface area contributed by atoms with Crippen molar-refractivity contribution in [2.45, 2.75) is 11.8 Å². The number of rotatable bonds is 5. The minimum absolute atomic E-state index is 0.00542. The monoisotopic (exact) mass is 281 g/mol. The molecule has 2 rings (SSSR count). The summed E-state index contributed by atoms with van der Waals surface area (Å²) >= 11 is 5.77. The second kappa shape index (κ2) is 6.02. The van der Waals surface area contributed by atoms with E-state index in [1.807, 2.05) is 12.1 Å². The summed E-state index contributed by atoms with van der Waals surface area (Å²) in [6.45, 7) is -0.453. The molecule has 0 amide bonds. The Hall–Kier alpha value is -1.61. The highest BCUT2D eigenvalue weighted by molar-refractivity contribution is 6.17. The molecular formula is C15H14ClF2N. The van der Waals surface area contributed by atoms with Gasteiger partial charge < -0.3 is 5.32 Å². The molecule has 19 heavy (non-hydrogen) atoms. The van der Waals surface area contributed by atoms with Gasteiger partial charge in [0.25, 0.3) is 5.92 Å². The molecule has 0 fully saturated rings. The summed E-state index contributed by atoms with van der Waals surface area (Å²) in [6, 6.07) is 15.0. The van der Waals surface area contributed by atoms with Crippen LogP contribution in [0, 0.1) is 0 Å². The topological polar surface area (TPSA) is 12.0 Å². The SMILES string of the molecule is FC(F)(CNc1ccccc1CCl)c1ccccc1. The maximum absolute atomic E-state index is 14.0. The van der Waals surface area contributed by atoms with Crippen molar-refractivity contribution in [2.75, 3.05) is 11.9 Å². The zero-order chi connectivity index (χ0) is 13.7. The van der Waals surface area contributed by atoms with Gasteiger partial charge >= 0.3 is 0 Å². The molecule has 0 bridgehead atoms. The Kier molecular flexibility index (Phi) is 4.38. The highest BCUT2D eigenvalue weighted by Crippen LogP contribution is 2.28. The molecule has 0 radical (unpaired) electrons. The highest BCUT2D eigenvalue weighted by Gasteiger charge is 2.30. The molecule has 2 aromatic rings. The van der Waals surface area contributed by atoms with Gasteiger partial charge in [0.05, 0.1) is 6.54 Å². The Balaban J connectivity index is 2.10. The van der Waals surface area contributed by atoms with Gasteiger partial charge in [0.1, 0.15) is 0 Å². The van der Waals surface area contributed by atoms with Crippen molar-refractivity contribution in [3.8, 4) is 0 Å². The van der Waals surface area contributed by atoms with Crippen LogP contribution >= 0.6 is 11.6 Å². The van der Waals surface area contributed by atoms with E-state index in [1.54, 1.807) is 30.3 Å². The van der Waals surface area contributed by atoms with Crippen molar-refractivity contribution in [3.05, 3.63) is 65.7 Å². The Labute approximate surface area is 116 Å². The van der Waals surface area contributed by atoms with Crippen molar-refractivity contribution in [1.82, 2.24) is 0 Å². The van der Waals surface area contributed by atoms with Gasteiger partial charge in [-0.15, -0.1) is 11.6 Å². The first kappa shape index (κ1) is 13.8. The number of nitrogens with one attached hydrogen (secondary N) is 1. The molecule has 0 spiro atoms. The largest absolute Gasteiger partial charge is 0.378 e. The predicted octanol–water partition coefficient (Wildman–Crippen LogP) is 4.63. The van der Waals surface area contributed by atoms with E-state index in [-0.39, 0.29) is 5.56 Å². The average molecular weight is 282 g/mol. The summed E-state index contributed by atoms with van der Waals surface area (Å²) in [7, 11) is 0. The van der Waals surface area contributed by atoms with Crippen LogP contribution in [0.25, 0.3) is 0 Å². The molecule has 2 aromatic carbocycles. The Morgan fingerprint density at radius 1 is 0.947 bits per heavy atom. The normalized spacial score (nSPS) is 11.3. The van der Waals surface area contributed by atoms with Crippen LogP contribution in [0.3, 0.4) is 0 Å². The fourth-order valence-corrected chi connectivity index (χ4v) is 2.03. The predicted molar refractivity (Wildman–Crippen MR) is 74.8 cm³/mol. The van der Waals surface area contributed by atoms with E-state index >= 15 is 0 Å². The molecule has 1 N–H and O–H groups in total. The van der Waals surface area contributed by atoms with Gasteiger partial charge in [-0.1, -0.05) is 48.5 Å². The van der Waals surface area contributed by atoms with Crippen molar-refractivity contribution >= 4 is 17.3 Å². The van der Waals surface area contributed by atoms with Gasteiger partial charge in [0.15, 0.2) is 0 Å². The lowest BCUT2D eigenvalue weighted by atomic mass is 10.1. The molecule has 0 aliphatic rings. The maximum Gasteiger partial charge on any atom is 0.290 e. The van der Waals surface area contributed by atoms with E-state index < -0.39 is 12.5 Å². The van der Waals surface area contributed by atoms with Crippen molar-refractivity contribution in [3.63, 3.8) is 0 Å². The van der Waals surface area contributed by atoms with Crippen LogP contribution in [0.2, 0.25) is 0 Å². The molecule has 0 aliphatic carbocycles. The maximum atomic E-state index is 14.0. The number of benzene rings is 2. The van der Waals surface area contributed by atoms with E-state index in [4.69, 9.17) is 11.6 Å². The fraction of sp³-hybridized carbons (Fsp3) is 0.200. The third-order valence-electron chi connectivity index (χ3n) is 2.86. The summed E-state index contributed by atoms with van der Waals surface area (Å²) < 4.78 is 28.0. The van der Waals surface area contributed by atoms with Gasteiger partial charge in [-0.25, -0.2) is 0 Å². The molecule has 0 aromatic heterocycles. The molecule has 0 heterocycles. The van der Waals surface area contributed by atoms with Crippen LogP contribution < -0.4 is 5.32 Å². The minimum Gasteiger partial charge on any atom is -0.378 e. The zero-order valence-electron chi connectivity index (χ0n) is 10.2. The van der Waals surface area contributed by atoms with Crippen LogP contribution in [-0.2, 0) is 11.8 Å². The van der Waals surface area contributed by atoms with Crippen LogP contribution in [0.4, 0.5) is 14.5 Å². The molecule has 0 saturated heterocycles. The number of hydrogen-bond donors (Lipinski definition) is 1. The molecule has 0 saturated carbocycles. The van der Waals surface area contributed by atoms with Gasteiger partial charge in [-0.3, -0.25) is 0 Å². The quantitative estimate of drug-likeness (QED) is 0.788. The van der Waals surface area contributed by atoms with Crippen LogP contribution in [-0.4, -0.2) is 6.54 Å². The van der Waals surface area contributed by atoms with Gasteiger partial charge in [0.2, 0.25) is 0 Å². The lowest BCUT2D eigenvalue weighted by Crippen LogP contribution is -2.25. The molecule has 1 nitrogen and oxygen atoms in total. The third-order valence-corrected chi connectivity index (χ3v) is 3.15. The second-order valence-electron chi connectivity index (χ2n) is 4.21. The summed E-state index contributed by atoms with van der Waals surface area (Å²) in [5.41, 5.74) is 1.46. The molecule has 100 valence electrons. The van der Waals surface area contributed by atoms with Crippen LogP contribution in [0.15, 0.2) is 54.6 Å². The standard InChI is InChI=1S/C15H14ClF2N/c16-10-12-6-4-5-9-14(12)19-11-15(17,18)13-7-2-1-3-8-13/h1-9,19H,10-11H2. The van der Waals surface area contributed by atoms with Gasteiger partial charge in [0, 0.05) is 17.1 Å². The summed E-state index contributed by atoms with van der Waals surface area (Å²) in [4.78, 5) is 0. The van der Waals surface area contributed by atoms with E-state index in [0.717, 1.165) is 5.56 Å². The molecular weight excluding hydrogens is 268 g/mol. The number of halogens is 3. The summed E-state index contributed by atoms with van der Waals surface area (Å²) in [5, 5.41) is 2.77. The van der Waals surface area contributed by atoms with Crippen LogP contribution in [0.5, 0.6) is 0 Å². The molecule has 0 atom stereocenters. The smallest absolute Gasteiger partial charge is 0.290 e. The molecule has 0 aliphatic heterocycles. The average Bonchev–Trinajstić information content (AvgIpc) is 2.46. The Morgan fingerprint density at radius 3 is 2.26 bits per heavy atom. The Bertz CT molecular complexity index is 529. The van der Waals surface area contributed by atoms with Crippen LogP contribution in [0.1, 0.15) is 11.1 Å². The minimum atomic E-state index is -2.92. The third kappa shape index (κ3) is 3.44. The van der Waals surface area contributed by atoms with Gasteiger partial charge in [-0.2, -0.15) is 8.78 Å². The van der Waals surface area contributed by atoms with E-state index in [9.17, 15) is 8.78 Å². The van der Waals surface area contributed by atoms with E-state index in [0.29, 0.717) is 11.6 Å². The zero-order valence-corrected chi connectivity index (χ0v) is 11.0. The summed E-state index contributed by atoms with van der Waals surface area (Å²) in [5.74, 6) is -2.62. The lowest BCUT2D eigenvalue weighted by Gasteiger charge is -2.19. The summed E-state index contributed by atoms with van der Waals surface area (Å²) in [6.07, 6.45) is 0. The number of anilines is 1. The number of hydrogen-bond acceptors (Lipinski definition) is 1. The highest BCUT2D eigenvalue weighted by atomic mass is 35.5. The number of alkyl halides is 3. The van der Waals surface area contributed by atoms with Crippen molar-refractivity contribution < 1.29 is 8.78 Å². The first-order valence-electron chi connectivity index (χ1n) is 5.94. The van der Waals surface area contributed by atoms with Gasteiger partial charge in [-0.05, 0) is 11.6 Å². The molecule has 0 unspecified atom stereocenters. The lowest BCUT2D eigenvalue weighted by molar-refractivity contribution is 0.0106. The Morgan fingerprint density at radius 2 is 1.58 bits per heavy atom. The first-order valence-corrected chi connectivity index (χ1v) is 6.48. The first-order chi connectivity index (χ1) is 9.13. The van der Waals surface area contributed by atoms with E-state index in [1.165, 1.54) is 12.1 Å². The molecule has 4 heteroatoms. The fourth-order valence-electron chi connectivity index (χ4n) is 1.80. The van der Waals surface area contributed by atoms with Crippen molar-refractivity contribution in [2.24, 2.45) is 0 Å².